The number of anilines is 1. The molecule has 66 valence electrons. The van der Waals surface area contributed by atoms with Gasteiger partial charge in [0.2, 0.25) is 0 Å². The summed E-state index contributed by atoms with van der Waals surface area (Å²) in [6.45, 7) is 0. The predicted molar refractivity (Wildman–Crippen MR) is 43.3 cm³/mol. The van der Waals surface area contributed by atoms with Crippen molar-refractivity contribution in [1.82, 2.24) is 9.78 Å². The molecule has 0 saturated heterocycles. The van der Waals surface area contributed by atoms with Crippen LogP contribution in [0.2, 0.25) is 0 Å². The molecular formula is C7H11N3O2. The topological polar surface area (TPSA) is 70.1 Å². The van der Waals surface area contributed by atoms with Gasteiger partial charge in [-0.15, -0.1) is 0 Å². The lowest BCUT2D eigenvalue weighted by Gasteiger charge is -2.00. The average Bonchev–Trinajstić information content (AvgIpc) is 2.35. The predicted octanol–water partition coefficient (Wildman–Crippen LogP) is -0.282. The maximum Gasteiger partial charge on any atom is 0.311 e. The number of aromatic nitrogens is 2. The van der Waals surface area contributed by atoms with Gasteiger partial charge < -0.3 is 10.5 Å². The normalized spacial score (nSPS) is 9.83. The number of carbonyl (C=O) groups is 1. The maximum absolute atomic E-state index is 10.9. The Balaban J connectivity index is 2.80. The summed E-state index contributed by atoms with van der Waals surface area (Å²) in [6.07, 6.45) is 1.68. The van der Waals surface area contributed by atoms with Crippen LogP contribution in [0.15, 0.2) is 6.20 Å². The zero-order valence-corrected chi connectivity index (χ0v) is 7.07. The Morgan fingerprint density at radius 3 is 2.92 bits per heavy atom. The number of carbonyl (C=O) groups excluding carboxylic acids is 1. The number of nitrogens with two attached hydrogens (primary N) is 1. The van der Waals surface area contributed by atoms with Gasteiger partial charge in [-0.1, -0.05) is 0 Å². The van der Waals surface area contributed by atoms with E-state index in [1.54, 1.807) is 11.7 Å². The van der Waals surface area contributed by atoms with Crippen LogP contribution in [0, 0.1) is 0 Å². The fourth-order valence-corrected chi connectivity index (χ4v) is 0.905. The number of nitrogens with zero attached hydrogens (tertiary/aromatic N) is 2. The van der Waals surface area contributed by atoms with Crippen molar-refractivity contribution in [1.29, 1.82) is 0 Å². The highest BCUT2D eigenvalue weighted by Crippen LogP contribution is 2.09. The van der Waals surface area contributed by atoms with E-state index in [9.17, 15) is 4.79 Å². The average molecular weight is 169 g/mol. The lowest BCUT2D eigenvalue weighted by molar-refractivity contribution is -0.139. The molecular weight excluding hydrogens is 158 g/mol. The zero-order chi connectivity index (χ0) is 9.14. The SMILES string of the molecule is COC(=O)Cc1c(N)cnn1C. The van der Waals surface area contributed by atoms with Gasteiger partial charge in [0.1, 0.15) is 0 Å². The van der Waals surface area contributed by atoms with Gasteiger partial charge in [-0.2, -0.15) is 5.10 Å². The van der Waals surface area contributed by atoms with Crippen LogP contribution < -0.4 is 5.73 Å². The van der Waals surface area contributed by atoms with E-state index in [-0.39, 0.29) is 12.4 Å². The summed E-state index contributed by atoms with van der Waals surface area (Å²) in [7, 11) is 3.07. The van der Waals surface area contributed by atoms with Crippen LogP contribution in [0.3, 0.4) is 0 Å². The van der Waals surface area contributed by atoms with Gasteiger partial charge in [0, 0.05) is 7.05 Å². The summed E-state index contributed by atoms with van der Waals surface area (Å²) in [4.78, 5) is 10.9. The third-order valence-corrected chi connectivity index (χ3v) is 1.63. The highest BCUT2D eigenvalue weighted by Gasteiger charge is 2.10. The maximum atomic E-state index is 10.9. The molecule has 0 atom stereocenters. The first-order valence-corrected chi connectivity index (χ1v) is 3.48. The van der Waals surface area contributed by atoms with Crippen LogP contribution in [-0.4, -0.2) is 22.9 Å². The fraction of sp³-hybridized carbons (Fsp3) is 0.429. The highest BCUT2D eigenvalue weighted by molar-refractivity contribution is 5.73. The largest absolute Gasteiger partial charge is 0.469 e. The molecule has 5 nitrogen and oxygen atoms in total. The highest BCUT2D eigenvalue weighted by atomic mass is 16.5. The Hall–Kier alpha value is -1.52. The van der Waals surface area contributed by atoms with Gasteiger partial charge in [0.15, 0.2) is 0 Å². The minimum Gasteiger partial charge on any atom is -0.469 e. The van der Waals surface area contributed by atoms with Crippen LogP contribution in [0.1, 0.15) is 5.69 Å². The Morgan fingerprint density at radius 1 is 1.83 bits per heavy atom. The molecule has 0 saturated carbocycles. The quantitative estimate of drug-likeness (QED) is 0.618. The third-order valence-electron chi connectivity index (χ3n) is 1.63. The summed E-state index contributed by atoms with van der Waals surface area (Å²) in [5.41, 5.74) is 6.75. The molecule has 5 heteroatoms. The molecule has 0 bridgehead atoms. The van der Waals surface area contributed by atoms with Crippen LogP contribution in [-0.2, 0) is 23.0 Å². The van der Waals surface area contributed by atoms with Crippen molar-refractivity contribution in [3.8, 4) is 0 Å². The standard InChI is InChI=1S/C7H11N3O2/c1-10-6(3-7(11)12-2)5(8)4-9-10/h4H,3,8H2,1-2H3. The number of aryl methyl sites for hydroxylation is 1. The van der Waals surface area contributed by atoms with Crippen molar-refractivity contribution in [3.63, 3.8) is 0 Å². The van der Waals surface area contributed by atoms with Crippen LogP contribution in [0.4, 0.5) is 5.69 Å². The first-order valence-electron chi connectivity index (χ1n) is 3.48. The van der Waals surface area contributed by atoms with E-state index in [4.69, 9.17) is 5.73 Å². The van der Waals surface area contributed by atoms with Crippen molar-refractivity contribution >= 4 is 11.7 Å². The second-order valence-electron chi connectivity index (χ2n) is 2.42. The molecule has 2 N–H and O–H groups in total. The van der Waals surface area contributed by atoms with E-state index in [1.165, 1.54) is 13.3 Å². The molecule has 0 fully saturated rings. The van der Waals surface area contributed by atoms with Crippen LogP contribution in [0.25, 0.3) is 0 Å². The van der Waals surface area contributed by atoms with E-state index in [2.05, 4.69) is 9.84 Å². The second-order valence-corrected chi connectivity index (χ2v) is 2.42. The fourth-order valence-electron chi connectivity index (χ4n) is 0.905. The summed E-state index contributed by atoms with van der Waals surface area (Å²) in [5, 5.41) is 3.89. The minimum absolute atomic E-state index is 0.166. The lowest BCUT2D eigenvalue weighted by Crippen LogP contribution is -2.10. The van der Waals surface area contributed by atoms with E-state index < -0.39 is 0 Å². The summed E-state index contributed by atoms with van der Waals surface area (Å²) in [5.74, 6) is -0.315. The summed E-state index contributed by atoms with van der Waals surface area (Å²) < 4.78 is 6.06. The monoisotopic (exact) mass is 169 g/mol. The number of hydrogen-bond acceptors (Lipinski definition) is 4. The van der Waals surface area contributed by atoms with Crippen molar-refractivity contribution in [3.05, 3.63) is 11.9 Å². The van der Waals surface area contributed by atoms with Crippen molar-refractivity contribution < 1.29 is 9.53 Å². The van der Waals surface area contributed by atoms with E-state index >= 15 is 0 Å². The van der Waals surface area contributed by atoms with Gasteiger partial charge in [-0.3, -0.25) is 9.48 Å². The van der Waals surface area contributed by atoms with Gasteiger partial charge in [-0.25, -0.2) is 0 Å². The Kier molecular flexibility index (Phi) is 2.32. The number of hydrogen-bond donors (Lipinski definition) is 1. The smallest absolute Gasteiger partial charge is 0.311 e. The molecule has 12 heavy (non-hydrogen) atoms. The van der Waals surface area contributed by atoms with Gasteiger partial charge in [-0.05, 0) is 0 Å². The van der Waals surface area contributed by atoms with Gasteiger partial charge in [0.25, 0.3) is 0 Å². The number of nitrogen functional groups attached to an aromatic ring is 1. The summed E-state index contributed by atoms with van der Waals surface area (Å²) in [6, 6.07) is 0. The molecule has 0 aliphatic carbocycles. The number of esters is 1. The molecule has 0 spiro atoms. The molecule has 0 amide bonds. The molecule has 1 aromatic rings. The first kappa shape index (κ1) is 8.58. The molecule has 0 unspecified atom stereocenters. The van der Waals surface area contributed by atoms with E-state index in [0.29, 0.717) is 11.4 Å². The van der Waals surface area contributed by atoms with Crippen LogP contribution >= 0.6 is 0 Å². The van der Waals surface area contributed by atoms with Crippen LogP contribution in [0.5, 0.6) is 0 Å². The number of ether oxygens (including phenoxy) is 1. The zero-order valence-electron chi connectivity index (χ0n) is 7.07. The van der Waals surface area contributed by atoms with Gasteiger partial charge >= 0.3 is 5.97 Å². The number of methoxy groups -OCH3 is 1. The molecule has 1 aromatic heterocycles. The van der Waals surface area contributed by atoms with E-state index in [0.717, 1.165) is 0 Å². The van der Waals surface area contributed by atoms with Crippen molar-refractivity contribution in [2.45, 2.75) is 6.42 Å². The van der Waals surface area contributed by atoms with Crippen molar-refractivity contribution in [2.75, 3.05) is 12.8 Å². The minimum atomic E-state index is -0.315. The molecule has 0 aliphatic rings. The molecule has 0 radical (unpaired) electrons. The first-order chi connectivity index (χ1) is 5.65. The van der Waals surface area contributed by atoms with Gasteiger partial charge in [0.05, 0.1) is 31.1 Å². The van der Waals surface area contributed by atoms with Crippen molar-refractivity contribution in [2.24, 2.45) is 7.05 Å². The molecule has 1 heterocycles. The Labute approximate surface area is 70.1 Å². The molecule has 1 rings (SSSR count). The Bertz CT molecular complexity index is 273. The second kappa shape index (κ2) is 3.25. The molecule has 0 aromatic carbocycles. The van der Waals surface area contributed by atoms with E-state index in [1.807, 2.05) is 0 Å². The Morgan fingerprint density at radius 2 is 2.50 bits per heavy atom. The summed E-state index contributed by atoms with van der Waals surface area (Å²) >= 11 is 0. The molecule has 0 aliphatic heterocycles. The number of rotatable bonds is 2. The third kappa shape index (κ3) is 1.55. The lowest BCUT2D eigenvalue weighted by atomic mass is 10.3.